The van der Waals surface area contributed by atoms with Gasteiger partial charge in [-0.15, -0.1) is 0 Å². The Labute approximate surface area is 152 Å². The predicted molar refractivity (Wildman–Crippen MR) is 102 cm³/mol. The zero-order chi connectivity index (χ0) is 16.5. The quantitative estimate of drug-likeness (QED) is 0.565. The summed E-state index contributed by atoms with van der Waals surface area (Å²) in [6, 6.07) is 16.4. The van der Waals surface area contributed by atoms with E-state index in [1.54, 1.807) is 0 Å². The number of pyridine rings is 1. The third-order valence-electron chi connectivity index (χ3n) is 4.88. The largest absolute Gasteiger partial charge is 0.371 e. The molecule has 0 radical (unpaired) electrons. The van der Waals surface area contributed by atoms with Crippen LogP contribution in [0.3, 0.4) is 0 Å². The van der Waals surface area contributed by atoms with Crippen molar-refractivity contribution < 1.29 is 0 Å². The van der Waals surface area contributed by atoms with Gasteiger partial charge in [-0.2, -0.15) is 0 Å². The number of halogens is 2. The van der Waals surface area contributed by atoms with Gasteiger partial charge >= 0.3 is 0 Å². The van der Waals surface area contributed by atoms with Crippen LogP contribution in [-0.2, 0) is 0 Å². The SMILES string of the molecule is Clc1cccc(C2CCN(c3ccnc4ccccc34)CC2)c1Cl. The Morgan fingerprint density at radius 2 is 1.71 bits per heavy atom. The highest BCUT2D eigenvalue weighted by atomic mass is 35.5. The highest BCUT2D eigenvalue weighted by Gasteiger charge is 2.24. The van der Waals surface area contributed by atoms with Gasteiger partial charge in [0.1, 0.15) is 0 Å². The first-order valence-corrected chi connectivity index (χ1v) is 9.02. The molecule has 1 saturated heterocycles. The monoisotopic (exact) mass is 356 g/mol. The molecule has 1 fully saturated rings. The molecule has 4 rings (SSSR count). The van der Waals surface area contributed by atoms with E-state index in [0.29, 0.717) is 16.0 Å². The van der Waals surface area contributed by atoms with Crippen LogP contribution in [0.5, 0.6) is 0 Å². The minimum Gasteiger partial charge on any atom is -0.371 e. The Balaban J connectivity index is 1.57. The summed E-state index contributed by atoms with van der Waals surface area (Å²) in [5, 5.41) is 2.59. The molecule has 122 valence electrons. The lowest BCUT2D eigenvalue weighted by atomic mass is 9.89. The molecule has 2 aromatic carbocycles. The molecular weight excluding hydrogens is 339 g/mol. The van der Waals surface area contributed by atoms with Crippen molar-refractivity contribution in [3.63, 3.8) is 0 Å². The summed E-state index contributed by atoms with van der Waals surface area (Å²) in [7, 11) is 0. The van der Waals surface area contributed by atoms with Crippen molar-refractivity contribution in [1.82, 2.24) is 4.98 Å². The number of hydrogen-bond donors (Lipinski definition) is 0. The standard InChI is InChI=1S/C20H18Cl2N2/c21-17-6-3-5-15(20(17)22)14-9-12-24(13-10-14)19-8-11-23-18-7-2-1-4-16(18)19/h1-8,11,14H,9-10,12-13H2. The van der Waals surface area contributed by atoms with E-state index in [-0.39, 0.29) is 0 Å². The van der Waals surface area contributed by atoms with Crippen LogP contribution in [0.25, 0.3) is 10.9 Å². The summed E-state index contributed by atoms with van der Waals surface area (Å²) in [5.74, 6) is 0.473. The summed E-state index contributed by atoms with van der Waals surface area (Å²) in [6.07, 6.45) is 4.06. The van der Waals surface area contributed by atoms with E-state index in [0.717, 1.165) is 31.4 Å². The molecule has 0 bridgehead atoms. The molecule has 24 heavy (non-hydrogen) atoms. The van der Waals surface area contributed by atoms with Crippen molar-refractivity contribution in [2.75, 3.05) is 18.0 Å². The number of hydrogen-bond acceptors (Lipinski definition) is 2. The average molecular weight is 357 g/mol. The summed E-state index contributed by atoms with van der Waals surface area (Å²) in [5.41, 5.74) is 3.51. The first kappa shape index (κ1) is 15.7. The second-order valence-corrected chi connectivity index (χ2v) is 7.04. The summed E-state index contributed by atoms with van der Waals surface area (Å²) in [6.45, 7) is 2.03. The molecular formula is C20H18Cl2N2. The number of fused-ring (bicyclic) bond motifs is 1. The van der Waals surface area contributed by atoms with Crippen LogP contribution in [0.1, 0.15) is 24.3 Å². The van der Waals surface area contributed by atoms with Gasteiger partial charge in [0.25, 0.3) is 0 Å². The highest BCUT2D eigenvalue weighted by Crippen LogP contribution is 2.38. The molecule has 0 atom stereocenters. The van der Waals surface area contributed by atoms with E-state index in [1.165, 1.54) is 16.6 Å². The lowest BCUT2D eigenvalue weighted by Gasteiger charge is -2.34. The smallest absolute Gasteiger partial charge is 0.0722 e. The number of piperidine rings is 1. The van der Waals surface area contributed by atoms with Gasteiger partial charge < -0.3 is 4.90 Å². The molecule has 1 aromatic heterocycles. The van der Waals surface area contributed by atoms with E-state index in [2.05, 4.69) is 40.2 Å². The van der Waals surface area contributed by atoms with Gasteiger partial charge in [-0.25, -0.2) is 0 Å². The fourth-order valence-electron chi connectivity index (χ4n) is 3.62. The van der Waals surface area contributed by atoms with Crippen LogP contribution in [0.2, 0.25) is 10.0 Å². The molecule has 3 aromatic rings. The summed E-state index contributed by atoms with van der Waals surface area (Å²) in [4.78, 5) is 6.92. The lowest BCUT2D eigenvalue weighted by molar-refractivity contribution is 0.506. The zero-order valence-corrected chi connectivity index (χ0v) is 14.8. The van der Waals surface area contributed by atoms with E-state index in [9.17, 15) is 0 Å². The van der Waals surface area contributed by atoms with Crippen LogP contribution >= 0.6 is 23.2 Å². The minimum atomic E-state index is 0.473. The molecule has 2 heterocycles. The molecule has 2 nitrogen and oxygen atoms in total. The van der Waals surface area contributed by atoms with Crippen LogP contribution in [0.15, 0.2) is 54.7 Å². The molecule has 0 saturated carbocycles. The third kappa shape index (κ3) is 2.85. The summed E-state index contributed by atoms with van der Waals surface area (Å²) >= 11 is 12.6. The summed E-state index contributed by atoms with van der Waals surface area (Å²) < 4.78 is 0. The molecule has 0 aliphatic carbocycles. The Bertz CT molecular complexity index is 865. The first-order valence-electron chi connectivity index (χ1n) is 8.26. The van der Waals surface area contributed by atoms with Crippen molar-refractivity contribution in [1.29, 1.82) is 0 Å². The van der Waals surface area contributed by atoms with Gasteiger partial charge in [0.05, 0.1) is 15.6 Å². The molecule has 0 spiro atoms. The maximum atomic E-state index is 6.40. The zero-order valence-electron chi connectivity index (χ0n) is 13.3. The molecule has 0 N–H and O–H groups in total. The van der Waals surface area contributed by atoms with Crippen LogP contribution in [0, 0.1) is 0 Å². The number of aromatic nitrogens is 1. The van der Waals surface area contributed by atoms with Gasteiger partial charge in [0.15, 0.2) is 0 Å². The van der Waals surface area contributed by atoms with Crippen molar-refractivity contribution in [3.8, 4) is 0 Å². The molecule has 1 aliphatic rings. The van der Waals surface area contributed by atoms with E-state index in [1.807, 2.05) is 24.4 Å². The second-order valence-electron chi connectivity index (χ2n) is 6.25. The van der Waals surface area contributed by atoms with Crippen molar-refractivity contribution in [3.05, 3.63) is 70.3 Å². The van der Waals surface area contributed by atoms with Crippen molar-refractivity contribution in [2.24, 2.45) is 0 Å². The first-order chi connectivity index (χ1) is 11.7. The second kappa shape index (κ2) is 6.62. The van der Waals surface area contributed by atoms with Gasteiger partial charge in [-0.05, 0) is 42.5 Å². The molecule has 0 unspecified atom stereocenters. The van der Waals surface area contributed by atoms with Crippen LogP contribution < -0.4 is 4.90 Å². The lowest BCUT2D eigenvalue weighted by Crippen LogP contribution is -2.33. The Morgan fingerprint density at radius 1 is 0.917 bits per heavy atom. The number of rotatable bonds is 2. The number of benzene rings is 2. The third-order valence-corrected chi connectivity index (χ3v) is 5.72. The van der Waals surface area contributed by atoms with Crippen molar-refractivity contribution >= 4 is 39.8 Å². The van der Waals surface area contributed by atoms with Crippen LogP contribution in [-0.4, -0.2) is 18.1 Å². The van der Waals surface area contributed by atoms with Crippen LogP contribution in [0.4, 0.5) is 5.69 Å². The molecule has 4 heteroatoms. The number of nitrogens with zero attached hydrogens (tertiary/aromatic N) is 2. The fourth-order valence-corrected chi connectivity index (χ4v) is 4.09. The Morgan fingerprint density at radius 3 is 2.54 bits per heavy atom. The predicted octanol–water partition coefficient (Wildman–Crippen LogP) is 5.93. The van der Waals surface area contributed by atoms with Gasteiger partial charge in [0, 0.05) is 30.4 Å². The Kier molecular flexibility index (Phi) is 4.34. The number of para-hydroxylation sites is 1. The van der Waals surface area contributed by atoms with Gasteiger partial charge in [-0.1, -0.05) is 53.5 Å². The van der Waals surface area contributed by atoms with Gasteiger partial charge in [0.2, 0.25) is 0 Å². The topological polar surface area (TPSA) is 16.1 Å². The maximum absolute atomic E-state index is 6.40. The molecule has 0 amide bonds. The van der Waals surface area contributed by atoms with Crippen molar-refractivity contribution in [2.45, 2.75) is 18.8 Å². The average Bonchev–Trinajstić information content (AvgIpc) is 2.64. The van der Waals surface area contributed by atoms with E-state index >= 15 is 0 Å². The molecule has 1 aliphatic heterocycles. The Hall–Kier alpha value is -1.77. The normalized spacial score (nSPS) is 15.8. The highest BCUT2D eigenvalue weighted by molar-refractivity contribution is 6.42. The minimum absolute atomic E-state index is 0.473. The maximum Gasteiger partial charge on any atom is 0.0722 e. The van der Waals surface area contributed by atoms with Gasteiger partial charge in [-0.3, -0.25) is 4.98 Å². The van der Waals surface area contributed by atoms with E-state index < -0.39 is 0 Å². The fraction of sp³-hybridized carbons (Fsp3) is 0.250. The van der Waals surface area contributed by atoms with E-state index in [4.69, 9.17) is 23.2 Å². The number of anilines is 1.